The molecule has 4 aliphatic rings. The van der Waals surface area contributed by atoms with Crippen molar-refractivity contribution in [1.82, 2.24) is 10.6 Å². The standard InChI is InChI=1S/C35H54BrN3S2/c36-30-22-21-28(25-41-35(38-32-17-9-3-10-18-32)39-33-19-11-4-12-20-33)29(24-30)26-40-34(23-27-13-5-1-6-14-27)37-31-15-7-2-8-16-31/h21-24,27,31-33,37H,1-20,25-26H2,(H,38,39)/b34-23+. The number of halogens is 1. The molecule has 0 heterocycles. The van der Waals surface area contributed by atoms with Crippen molar-refractivity contribution in [3.05, 3.63) is 44.9 Å². The van der Waals surface area contributed by atoms with Crippen LogP contribution in [-0.4, -0.2) is 23.3 Å². The lowest BCUT2D eigenvalue weighted by Crippen LogP contribution is -2.35. The number of nitrogens with one attached hydrogen (secondary N) is 2. The van der Waals surface area contributed by atoms with Gasteiger partial charge in [0.05, 0.1) is 11.1 Å². The summed E-state index contributed by atoms with van der Waals surface area (Å²) in [6.07, 6.45) is 29.7. The molecule has 0 spiro atoms. The Morgan fingerprint density at radius 3 is 1.90 bits per heavy atom. The fraction of sp³-hybridized carbons (Fsp3) is 0.743. The molecule has 0 saturated heterocycles. The monoisotopic (exact) mass is 659 g/mol. The molecule has 5 rings (SSSR count). The van der Waals surface area contributed by atoms with Gasteiger partial charge in [0.25, 0.3) is 0 Å². The minimum atomic E-state index is 0.514. The van der Waals surface area contributed by atoms with Gasteiger partial charge in [-0.15, -0.1) is 11.8 Å². The molecule has 6 heteroatoms. The Balaban J connectivity index is 1.25. The maximum absolute atomic E-state index is 5.33. The molecule has 0 unspecified atom stereocenters. The van der Waals surface area contributed by atoms with E-state index in [1.807, 2.05) is 11.8 Å². The van der Waals surface area contributed by atoms with Gasteiger partial charge >= 0.3 is 0 Å². The van der Waals surface area contributed by atoms with Gasteiger partial charge in [-0.2, -0.15) is 0 Å². The number of benzene rings is 1. The summed E-state index contributed by atoms with van der Waals surface area (Å²) in [7, 11) is 0. The largest absolute Gasteiger partial charge is 0.377 e. The molecule has 4 aliphatic carbocycles. The van der Waals surface area contributed by atoms with E-state index >= 15 is 0 Å². The number of hydrogen-bond donors (Lipinski definition) is 2. The summed E-state index contributed by atoms with van der Waals surface area (Å²) in [4.78, 5) is 5.33. The first kappa shape index (κ1) is 31.8. The van der Waals surface area contributed by atoms with E-state index in [1.54, 1.807) is 0 Å². The molecule has 0 aliphatic heterocycles. The molecule has 1 aromatic rings. The molecule has 4 fully saturated rings. The van der Waals surface area contributed by atoms with Crippen LogP contribution in [0.4, 0.5) is 0 Å². The summed E-state index contributed by atoms with van der Waals surface area (Å²) in [6, 6.07) is 8.74. The first-order valence-corrected chi connectivity index (χ1v) is 19.8. The van der Waals surface area contributed by atoms with Gasteiger partial charge in [-0.25, -0.2) is 0 Å². The van der Waals surface area contributed by atoms with Crippen molar-refractivity contribution in [3.63, 3.8) is 0 Å². The maximum atomic E-state index is 5.33. The average molecular weight is 661 g/mol. The van der Waals surface area contributed by atoms with Crippen molar-refractivity contribution in [2.45, 2.75) is 158 Å². The van der Waals surface area contributed by atoms with Crippen LogP contribution >= 0.6 is 39.5 Å². The quantitative estimate of drug-likeness (QED) is 0.193. The van der Waals surface area contributed by atoms with E-state index in [0.717, 1.165) is 17.4 Å². The molecular weight excluding hydrogens is 606 g/mol. The van der Waals surface area contributed by atoms with Crippen molar-refractivity contribution in [3.8, 4) is 0 Å². The van der Waals surface area contributed by atoms with Crippen LogP contribution in [0, 0.1) is 5.92 Å². The summed E-state index contributed by atoms with van der Waals surface area (Å²) < 4.78 is 1.19. The number of rotatable bonds is 10. The van der Waals surface area contributed by atoms with Gasteiger partial charge in [0.1, 0.15) is 0 Å². The highest BCUT2D eigenvalue weighted by molar-refractivity contribution is 9.10. The van der Waals surface area contributed by atoms with Crippen LogP contribution in [-0.2, 0) is 11.5 Å². The Hall–Kier alpha value is -0.590. The van der Waals surface area contributed by atoms with Gasteiger partial charge in [-0.1, -0.05) is 117 Å². The lowest BCUT2D eigenvalue weighted by molar-refractivity contribution is 0.394. The minimum Gasteiger partial charge on any atom is -0.377 e. The Morgan fingerprint density at radius 2 is 1.24 bits per heavy atom. The second-order valence-corrected chi connectivity index (χ2v) is 16.0. The summed E-state index contributed by atoms with van der Waals surface area (Å²) in [5.41, 5.74) is 2.92. The zero-order chi connectivity index (χ0) is 28.1. The van der Waals surface area contributed by atoms with E-state index in [9.17, 15) is 0 Å². The Morgan fingerprint density at radius 1 is 0.683 bits per heavy atom. The van der Waals surface area contributed by atoms with Crippen molar-refractivity contribution < 1.29 is 0 Å². The molecule has 0 bridgehead atoms. The van der Waals surface area contributed by atoms with Crippen LogP contribution in [0.2, 0.25) is 0 Å². The molecule has 1 aromatic carbocycles. The van der Waals surface area contributed by atoms with Gasteiger partial charge in [0, 0.05) is 28.1 Å². The van der Waals surface area contributed by atoms with Gasteiger partial charge in [-0.05, 0) is 80.5 Å². The first-order valence-electron chi connectivity index (χ1n) is 17.1. The van der Waals surface area contributed by atoms with Gasteiger partial charge in [-0.3, -0.25) is 4.99 Å². The normalized spacial score (nSPS) is 23.0. The van der Waals surface area contributed by atoms with Crippen LogP contribution in [0.5, 0.6) is 0 Å². The van der Waals surface area contributed by atoms with Crippen LogP contribution in [0.25, 0.3) is 0 Å². The van der Waals surface area contributed by atoms with Crippen molar-refractivity contribution in [2.24, 2.45) is 10.9 Å². The van der Waals surface area contributed by atoms with Crippen LogP contribution < -0.4 is 10.6 Å². The third-order valence-corrected chi connectivity index (χ3v) is 12.2. The highest BCUT2D eigenvalue weighted by Gasteiger charge is 2.20. The predicted molar refractivity (Wildman–Crippen MR) is 186 cm³/mol. The summed E-state index contributed by atoms with van der Waals surface area (Å²) in [6.45, 7) is 0. The number of aliphatic imine (C=N–C) groups is 1. The molecular formula is C35H54BrN3S2. The first-order chi connectivity index (χ1) is 20.2. The average Bonchev–Trinajstić information content (AvgIpc) is 3.01. The molecule has 0 radical (unpaired) electrons. The predicted octanol–water partition coefficient (Wildman–Crippen LogP) is 10.9. The third-order valence-electron chi connectivity index (χ3n) is 9.71. The van der Waals surface area contributed by atoms with E-state index in [1.165, 1.54) is 154 Å². The number of allylic oxidation sites excluding steroid dienone is 1. The molecule has 0 atom stereocenters. The van der Waals surface area contributed by atoms with Gasteiger partial charge < -0.3 is 10.6 Å². The van der Waals surface area contributed by atoms with E-state index in [0.29, 0.717) is 18.1 Å². The second kappa shape index (κ2) is 17.6. The summed E-state index contributed by atoms with van der Waals surface area (Å²) >= 11 is 7.80. The molecule has 0 amide bonds. The van der Waals surface area contributed by atoms with Crippen molar-refractivity contribution in [2.75, 3.05) is 0 Å². The fourth-order valence-corrected chi connectivity index (χ4v) is 9.76. The number of nitrogens with zero attached hydrogens (tertiary/aromatic N) is 1. The summed E-state index contributed by atoms with van der Waals surface area (Å²) in [5, 5.41) is 10.6. The van der Waals surface area contributed by atoms with Crippen LogP contribution in [0.1, 0.15) is 140 Å². The maximum Gasteiger partial charge on any atom is 0.157 e. The van der Waals surface area contributed by atoms with Crippen molar-refractivity contribution in [1.29, 1.82) is 0 Å². The molecule has 4 saturated carbocycles. The highest BCUT2D eigenvalue weighted by atomic mass is 79.9. The SMILES string of the molecule is Brc1ccc(CSC(=NC2CCCCC2)NC2CCCCC2)c(CS/C(=C/C2CCCCC2)NC2CCCCC2)c1. The van der Waals surface area contributed by atoms with E-state index < -0.39 is 0 Å². The second-order valence-electron chi connectivity index (χ2n) is 13.1. The van der Waals surface area contributed by atoms with Crippen LogP contribution in [0.15, 0.2) is 38.8 Å². The zero-order valence-corrected chi connectivity index (χ0v) is 28.5. The number of thioether (sulfide) groups is 2. The van der Waals surface area contributed by atoms with Gasteiger partial charge in [0.15, 0.2) is 5.17 Å². The third kappa shape index (κ3) is 11.1. The van der Waals surface area contributed by atoms with E-state index in [-0.39, 0.29) is 0 Å². The minimum absolute atomic E-state index is 0.514. The summed E-state index contributed by atoms with van der Waals surface area (Å²) in [5.74, 6) is 2.77. The van der Waals surface area contributed by atoms with E-state index in [2.05, 4.69) is 62.6 Å². The lowest BCUT2D eigenvalue weighted by atomic mass is 9.89. The fourth-order valence-electron chi connectivity index (χ4n) is 7.19. The number of hydrogen-bond acceptors (Lipinski definition) is 4. The van der Waals surface area contributed by atoms with Gasteiger partial charge in [0.2, 0.25) is 0 Å². The molecule has 0 aromatic heterocycles. The molecule has 2 N–H and O–H groups in total. The highest BCUT2D eigenvalue weighted by Crippen LogP contribution is 2.33. The smallest absolute Gasteiger partial charge is 0.157 e. The zero-order valence-electron chi connectivity index (χ0n) is 25.3. The Kier molecular flexibility index (Phi) is 13.7. The molecule has 3 nitrogen and oxygen atoms in total. The number of amidine groups is 1. The Labute approximate surface area is 267 Å². The van der Waals surface area contributed by atoms with Crippen molar-refractivity contribution >= 4 is 44.6 Å². The van der Waals surface area contributed by atoms with E-state index in [4.69, 9.17) is 4.99 Å². The molecule has 228 valence electrons. The molecule has 41 heavy (non-hydrogen) atoms. The van der Waals surface area contributed by atoms with Crippen LogP contribution in [0.3, 0.4) is 0 Å². The topological polar surface area (TPSA) is 36.4 Å². The lowest BCUT2D eigenvalue weighted by Gasteiger charge is -2.27. The Bertz CT molecular complexity index is 972.